The molecule has 0 aromatic heterocycles. The molecule has 32 heavy (non-hydrogen) atoms. The highest BCUT2D eigenvalue weighted by Gasteiger charge is 2.21. The van der Waals surface area contributed by atoms with Crippen molar-refractivity contribution in [3.63, 3.8) is 0 Å². The van der Waals surface area contributed by atoms with Crippen LogP contribution in [-0.2, 0) is 32.7 Å². The van der Waals surface area contributed by atoms with Gasteiger partial charge in [0.1, 0.15) is 25.5 Å². The summed E-state index contributed by atoms with van der Waals surface area (Å²) in [4.78, 5) is 35.2. The van der Waals surface area contributed by atoms with Crippen molar-refractivity contribution < 1.29 is 46.8 Å². The van der Waals surface area contributed by atoms with Crippen LogP contribution in [0.15, 0.2) is 12.1 Å². The third-order valence-electron chi connectivity index (χ3n) is 3.49. The molecule has 10 nitrogen and oxygen atoms in total. The Balaban J connectivity index is 2.54. The minimum absolute atomic E-state index is 0.0645. The lowest BCUT2D eigenvalue weighted by Crippen LogP contribution is -2.37. The molecule has 0 saturated heterocycles. The summed E-state index contributed by atoms with van der Waals surface area (Å²) in [7, 11) is 1.04. The minimum atomic E-state index is -4.61. The Morgan fingerprint density at radius 1 is 1.09 bits per heavy atom. The summed E-state index contributed by atoms with van der Waals surface area (Å²) >= 11 is 6.39. The van der Waals surface area contributed by atoms with Crippen LogP contribution >= 0.6 is 75.6 Å². The molecular weight excluding hydrogens is 786 g/mol. The zero-order valence-corrected chi connectivity index (χ0v) is 25.3. The number of ether oxygens (including phenoxy) is 3. The number of phosphoric acid groups is 1. The van der Waals surface area contributed by atoms with Crippen LogP contribution in [-0.4, -0.2) is 76.6 Å². The number of carbonyl (C=O) groups excluding carboxylic acids is 2. The van der Waals surface area contributed by atoms with Crippen molar-refractivity contribution in [1.29, 1.82) is 0 Å². The van der Waals surface area contributed by atoms with Gasteiger partial charge in [0.25, 0.3) is 7.82 Å². The number of likely N-dealkylation sites (N-methyl/N-ethyl adjacent to an activating group) is 1. The summed E-state index contributed by atoms with van der Waals surface area (Å²) in [6.07, 6.45) is -1.13. The van der Waals surface area contributed by atoms with Gasteiger partial charge >= 0.3 is 11.9 Å². The highest BCUT2D eigenvalue weighted by molar-refractivity contribution is 14.1. The van der Waals surface area contributed by atoms with Gasteiger partial charge < -0.3 is 32.6 Å². The largest absolute Gasteiger partial charge is 0.756 e. The van der Waals surface area contributed by atoms with Crippen LogP contribution in [0.1, 0.15) is 6.92 Å². The van der Waals surface area contributed by atoms with E-state index < -0.39 is 39.1 Å². The molecule has 1 unspecified atom stereocenters. The van der Waals surface area contributed by atoms with E-state index in [-0.39, 0.29) is 13.2 Å². The summed E-state index contributed by atoms with van der Waals surface area (Å²) in [5, 5.41) is 0. The number of quaternary nitrogens is 1. The van der Waals surface area contributed by atoms with Crippen LogP contribution in [0.5, 0.6) is 5.75 Å². The monoisotopic (exact) mass is 811 g/mol. The van der Waals surface area contributed by atoms with Crippen LogP contribution in [0, 0.1) is 10.7 Å². The van der Waals surface area contributed by atoms with Crippen molar-refractivity contribution in [1.82, 2.24) is 0 Å². The third kappa shape index (κ3) is 13.2. The van der Waals surface area contributed by atoms with E-state index >= 15 is 0 Å². The highest BCUT2D eigenvalue weighted by Crippen LogP contribution is 2.38. The smallest absolute Gasteiger partial charge is 0.344 e. The highest BCUT2D eigenvalue weighted by atomic mass is 127. The Morgan fingerprint density at radius 2 is 1.69 bits per heavy atom. The lowest BCUT2D eigenvalue weighted by Gasteiger charge is -2.28. The summed E-state index contributed by atoms with van der Waals surface area (Å²) in [5.41, 5.74) is 0. The fraction of sp³-hybridized carbons (Fsp3) is 0.556. The van der Waals surface area contributed by atoms with Gasteiger partial charge in [0, 0.05) is 10.5 Å². The summed E-state index contributed by atoms with van der Waals surface area (Å²) in [5.74, 6) is -0.834. The SMILES string of the molecule is CC(=O)O[C@H](COC(=O)COc1c(I)cc(I)cc1I)COP(=O)([O-])OCC[N+](C)(C)C. The van der Waals surface area contributed by atoms with Gasteiger partial charge in [0.05, 0.1) is 34.9 Å². The Kier molecular flexibility index (Phi) is 13.2. The lowest BCUT2D eigenvalue weighted by molar-refractivity contribution is -0.870. The number of esters is 2. The Labute approximate surface area is 228 Å². The van der Waals surface area contributed by atoms with Crippen LogP contribution in [0.25, 0.3) is 0 Å². The summed E-state index contributed by atoms with van der Waals surface area (Å²) in [6, 6.07) is 3.81. The first-order valence-electron chi connectivity index (χ1n) is 9.19. The van der Waals surface area contributed by atoms with Crippen LogP contribution in [0.4, 0.5) is 0 Å². The number of carbonyl (C=O) groups is 2. The van der Waals surface area contributed by atoms with Crippen molar-refractivity contribution in [2.24, 2.45) is 0 Å². The van der Waals surface area contributed by atoms with E-state index in [9.17, 15) is 19.0 Å². The Morgan fingerprint density at radius 3 is 2.22 bits per heavy atom. The second-order valence-electron chi connectivity index (χ2n) is 7.49. The maximum atomic E-state index is 12.1. The molecule has 0 amide bonds. The normalized spacial score (nSPS) is 14.4. The van der Waals surface area contributed by atoms with Gasteiger partial charge in [0.2, 0.25) is 0 Å². The maximum Gasteiger partial charge on any atom is 0.344 e. The molecule has 0 aliphatic rings. The quantitative estimate of drug-likeness (QED) is 0.128. The topological polar surface area (TPSA) is 120 Å². The number of phosphoric ester groups is 1. The van der Waals surface area contributed by atoms with Crippen LogP contribution in [0.3, 0.4) is 0 Å². The number of benzene rings is 1. The zero-order valence-electron chi connectivity index (χ0n) is 18.0. The first-order valence-corrected chi connectivity index (χ1v) is 13.9. The second kappa shape index (κ2) is 13.9. The fourth-order valence-electron chi connectivity index (χ4n) is 2.01. The van der Waals surface area contributed by atoms with E-state index in [4.69, 9.17) is 23.3 Å². The number of halogens is 3. The fourth-order valence-corrected chi connectivity index (χ4v) is 6.64. The predicted octanol–water partition coefficient (Wildman–Crippen LogP) is 2.56. The van der Waals surface area contributed by atoms with E-state index in [1.54, 1.807) is 0 Å². The van der Waals surface area contributed by atoms with E-state index in [1.807, 2.05) is 33.3 Å². The molecule has 14 heteroatoms. The molecule has 0 radical (unpaired) electrons. The van der Waals surface area contributed by atoms with Gasteiger partial charge in [-0.05, 0) is 79.9 Å². The molecule has 1 aromatic carbocycles. The molecule has 1 rings (SSSR count). The van der Waals surface area contributed by atoms with E-state index in [0.717, 1.165) is 17.6 Å². The Hall–Kier alpha value is 0.220. The first-order chi connectivity index (χ1) is 14.7. The average Bonchev–Trinajstić information content (AvgIpc) is 2.61. The molecule has 0 fully saturated rings. The van der Waals surface area contributed by atoms with E-state index in [1.165, 1.54) is 0 Å². The first kappa shape index (κ1) is 30.3. The molecule has 0 aliphatic heterocycles. The average molecular weight is 811 g/mol. The van der Waals surface area contributed by atoms with Gasteiger partial charge in [-0.2, -0.15) is 0 Å². The molecule has 0 heterocycles. The standard InChI is InChI=1S/C18H25I3NO9P/c1-12(23)31-14(10-30-32(25,26)29-6-5-22(2,3)4)9-27-17(24)11-28-18-15(20)7-13(19)8-16(18)21/h7-8,14H,5-6,9-11H2,1-4H3/t14-/m1/s1. The molecule has 182 valence electrons. The van der Waals surface area contributed by atoms with Crippen molar-refractivity contribution in [2.45, 2.75) is 13.0 Å². The summed E-state index contributed by atoms with van der Waals surface area (Å²) in [6.45, 7) is 0.207. The van der Waals surface area contributed by atoms with Crippen molar-refractivity contribution in [3.05, 3.63) is 22.8 Å². The zero-order chi connectivity index (χ0) is 24.5. The summed E-state index contributed by atoms with van der Waals surface area (Å²) < 4.78 is 40.3. The number of nitrogens with zero attached hydrogens (tertiary/aromatic N) is 1. The number of hydrogen-bond acceptors (Lipinski definition) is 9. The molecule has 2 atom stereocenters. The van der Waals surface area contributed by atoms with Gasteiger partial charge in [0.15, 0.2) is 12.7 Å². The molecule has 1 aromatic rings. The molecular formula is C18H25I3NO9P. The van der Waals surface area contributed by atoms with E-state index in [0.29, 0.717) is 16.8 Å². The van der Waals surface area contributed by atoms with Gasteiger partial charge in [-0.1, -0.05) is 0 Å². The van der Waals surface area contributed by atoms with Crippen LogP contribution in [0.2, 0.25) is 0 Å². The molecule has 0 saturated carbocycles. The lowest BCUT2D eigenvalue weighted by atomic mass is 10.3. The number of hydrogen-bond donors (Lipinski definition) is 0. The molecule has 0 aliphatic carbocycles. The minimum Gasteiger partial charge on any atom is -0.756 e. The van der Waals surface area contributed by atoms with Crippen molar-refractivity contribution in [2.75, 3.05) is 54.1 Å². The van der Waals surface area contributed by atoms with Gasteiger partial charge in [-0.3, -0.25) is 9.36 Å². The van der Waals surface area contributed by atoms with Gasteiger partial charge in [-0.15, -0.1) is 0 Å². The molecule has 0 spiro atoms. The van der Waals surface area contributed by atoms with E-state index in [2.05, 4.69) is 67.8 Å². The maximum absolute atomic E-state index is 12.1. The number of rotatable bonds is 13. The third-order valence-corrected chi connectivity index (χ3v) is 6.68. The van der Waals surface area contributed by atoms with Crippen LogP contribution < -0.4 is 9.63 Å². The molecule has 0 bridgehead atoms. The second-order valence-corrected chi connectivity index (χ2v) is 12.5. The van der Waals surface area contributed by atoms with Gasteiger partial charge in [-0.25, -0.2) is 4.79 Å². The predicted molar refractivity (Wildman–Crippen MR) is 139 cm³/mol. The van der Waals surface area contributed by atoms with Crippen molar-refractivity contribution in [3.8, 4) is 5.75 Å². The molecule has 0 N–H and O–H groups in total. The Bertz CT molecular complexity index is 824. The van der Waals surface area contributed by atoms with Crippen molar-refractivity contribution >= 4 is 87.5 Å².